The van der Waals surface area contributed by atoms with E-state index >= 15 is 0 Å². The first-order chi connectivity index (χ1) is 8.83. The number of benzene rings is 1. The molecule has 0 saturated carbocycles. The predicted molar refractivity (Wildman–Crippen MR) is 70.2 cm³/mol. The highest BCUT2D eigenvalue weighted by Crippen LogP contribution is 2.23. The van der Waals surface area contributed by atoms with Gasteiger partial charge >= 0.3 is 0 Å². The predicted octanol–water partition coefficient (Wildman–Crippen LogP) is 1.04. The zero-order valence-electron chi connectivity index (χ0n) is 10.2. The van der Waals surface area contributed by atoms with Gasteiger partial charge in [-0.25, -0.2) is 0 Å². The summed E-state index contributed by atoms with van der Waals surface area (Å²) in [7, 11) is 0. The van der Waals surface area contributed by atoms with Gasteiger partial charge in [0.1, 0.15) is 0 Å². The molecular formula is C14H17N3O. The van der Waals surface area contributed by atoms with Crippen LogP contribution in [0.2, 0.25) is 0 Å². The van der Waals surface area contributed by atoms with Gasteiger partial charge in [0, 0.05) is 13.1 Å². The van der Waals surface area contributed by atoms with Crippen LogP contribution in [0.15, 0.2) is 35.3 Å². The average Bonchev–Trinajstić information content (AvgIpc) is 2.40. The molecule has 1 aromatic carbocycles. The van der Waals surface area contributed by atoms with Gasteiger partial charge in [-0.1, -0.05) is 30.3 Å². The second-order valence-corrected chi connectivity index (χ2v) is 4.97. The van der Waals surface area contributed by atoms with Crippen LogP contribution in [0.5, 0.6) is 0 Å². The van der Waals surface area contributed by atoms with E-state index in [1.807, 2.05) is 6.07 Å². The quantitative estimate of drug-likeness (QED) is 0.843. The Labute approximate surface area is 107 Å². The minimum Gasteiger partial charge on any atom is -0.317 e. The average molecular weight is 243 g/mol. The summed E-state index contributed by atoms with van der Waals surface area (Å²) in [5, 5.41) is 2.70. The summed E-state index contributed by atoms with van der Waals surface area (Å²) in [4.78, 5) is 18.4. The van der Waals surface area contributed by atoms with Crippen molar-refractivity contribution >= 4 is 12.2 Å². The number of carbonyl (C=O) groups is 1. The summed E-state index contributed by atoms with van der Waals surface area (Å²) >= 11 is 0. The number of amides is 1. The van der Waals surface area contributed by atoms with E-state index in [9.17, 15) is 4.79 Å². The van der Waals surface area contributed by atoms with Gasteiger partial charge in [-0.15, -0.1) is 0 Å². The van der Waals surface area contributed by atoms with E-state index < -0.39 is 0 Å². The molecule has 0 spiro atoms. The SMILES string of the molecule is O=C1NC=N[C@H]2CN(Cc3ccccc3)CC[C@H]12. The molecule has 2 heterocycles. The molecule has 94 valence electrons. The number of rotatable bonds is 2. The monoisotopic (exact) mass is 243 g/mol. The number of fused-ring (bicyclic) bond motifs is 1. The molecule has 0 radical (unpaired) electrons. The lowest BCUT2D eigenvalue weighted by atomic mass is 9.90. The topological polar surface area (TPSA) is 44.7 Å². The Balaban J connectivity index is 1.65. The number of hydrogen-bond acceptors (Lipinski definition) is 3. The largest absolute Gasteiger partial charge is 0.317 e. The summed E-state index contributed by atoms with van der Waals surface area (Å²) in [6.45, 7) is 2.80. The molecule has 0 aliphatic carbocycles. The van der Waals surface area contributed by atoms with E-state index in [2.05, 4.69) is 39.5 Å². The Kier molecular flexibility index (Phi) is 3.11. The minimum atomic E-state index is 0.0713. The van der Waals surface area contributed by atoms with Crippen LogP contribution in [0.1, 0.15) is 12.0 Å². The van der Waals surface area contributed by atoms with Crippen LogP contribution in [-0.4, -0.2) is 36.3 Å². The Morgan fingerprint density at radius 3 is 3.00 bits per heavy atom. The number of hydrogen-bond donors (Lipinski definition) is 1. The number of carbonyl (C=O) groups excluding carboxylic acids is 1. The first-order valence-corrected chi connectivity index (χ1v) is 6.41. The Morgan fingerprint density at radius 1 is 1.33 bits per heavy atom. The zero-order valence-corrected chi connectivity index (χ0v) is 10.2. The molecule has 1 saturated heterocycles. The van der Waals surface area contributed by atoms with Gasteiger partial charge in [0.05, 0.1) is 18.3 Å². The van der Waals surface area contributed by atoms with Crippen molar-refractivity contribution in [2.75, 3.05) is 13.1 Å². The molecule has 1 fully saturated rings. The molecule has 4 nitrogen and oxygen atoms in total. The van der Waals surface area contributed by atoms with Crippen molar-refractivity contribution in [2.45, 2.75) is 19.0 Å². The molecular weight excluding hydrogens is 226 g/mol. The lowest BCUT2D eigenvalue weighted by Gasteiger charge is -2.37. The van der Waals surface area contributed by atoms with Crippen molar-refractivity contribution in [1.29, 1.82) is 0 Å². The summed E-state index contributed by atoms with van der Waals surface area (Å²) in [6, 6.07) is 10.6. The lowest BCUT2D eigenvalue weighted by molar-refractivity contribution is -0.126. The fourth-order valence-electron chi connectivity index (χ4n) is 2.74. The maximum absolute atomic E-state index is 11.7. The normalized spacial score (nSPS) is 27.7. The number of nitrogens with zero attached hydrogens (tertiary/aromatic N) is 2. The second kappa shape index (κ2) is 4.90. The molecule has 1 amide bonds. The Bertz CT molecular complexity index is 457. The van der Waals surface area contributed by atoms with Gasteiger partial charge in [-0.05, 0) is 18.5 Å². The highest BCUT2D eigenvalue weighted by Gasteiger charge is 2.35. The van der Waals surface area contributed by atoms with Crippen molar-refractivity contribution in [1.82, 2.24) is 10.2 Å². The third-order valence-electron chi connectivity index (χ3n) is 3.72. The van der Waals surface area contributed by atoms with E-state index in [1.54, 1.807) is 6.34 Å². The van der Waals surface area contributed by atoms with Crippen LogP contribution < -0.4 is 5.32 Å². The summed E-state index contributed by atoms with van der Waals surface area (Å²) in [6.07, 6.45) is 2.45. The first kappa shape index (κ1) is 11.4. The van der Waals surface area contributed by atoms with Crippen molar-refractivity contribution < 1.29 is 4.79 Å². The van der Waals surface area contributed by atoms with E-state index in [4.69, 9.17) is 0 Å². The fraction of sp³-hybridized carbons (Fsp3) is 0.429. The molecule has 0 aromatic heterocycles. The molecule has 2 aliphatic rings. The van der Waals surface area contributed by atoms with Crippen LogP contribution in [0.25, 0.3) is 0 Å². The molecule has 1 aromatic rings. The Hall–Kier alpha value is -1.68. The summed E-state index contributed by atoms with van der Waals surface area (Å²) in [5.74, 6) is 0.205. The molecule has 2 atom stereocenters. The molecule has 4 heteroatoms. The molecule has 3 rings (SSSR count). The van der Waals surface area contributed by atoms with Gasteiger partial charge in [-0.3, -0.25) is 14.7 Å². The first-order valence-electron chi connectivity index (χ1n) is 6.41. The van der Waals surface area contributed by atoms with Crippen molar-refractivity contribution in [3.05, 3.63) is 35.9 Å². The van der Waals surface area contributed by atoms with Crippen molar-refractivity contribution in [2.24, 2.45) is 10.9 Å². The summed E-state index contributed by atoms with van der Waals surface area (Å²) < 4.78 is 0. The van der Waals surface area contributed by atoms with E-state index in [1.165, 1.54) is 5.56 Å². The van der Waals surface area contributed by atoms with Crippen LogP contribution in [0.3, 0.4) is 0 Å². The number of piperidine rings is 1. The van der Waals surface area contributed by atoms with E-state index in [-0.39, 0.29) is 17.9 Å². The zero-order chi connectivity index (χ0) is 12.4. The standard InChI is InChI=1S/C14H17N3O/c18-14-12-6-7-17(9-13(12)15-10-16-14)8-11-4-2-1-3-5-11/h1-5,10,12-13H,6-9H2,(H,15,16,18)/t12-,13-/m0/s1. The third-order valence-corrected chi connectivity index (χ3v) is 3.72. The molecule has 18 heavy (non-hydrogen) atoms. The fourth-order valence-corrected chi connectivity index (χ4v) is 2.74. The summed E-state index contributed by atoms with van der Waals surface area (Å²) in [5.41, 5.74) is 1.32. The lowest BCUT2D eigenvalue weighted by Crippen LogP contribution is -2.51. The van der Waals surface area contributed by atoms with Gasteiger partial charge in [-0.2, -0.15) is 0 Å². The molecule has 0 bridgehead atoms. The Morgan fingerprint density at radius 2 is 2.17 bits per heavy atom. The van der Waals surface area contributed by atoms with Crippen LogP contribution >= 0.6 is 0 Å². The highest BCUT2D eigenvalue weighted by atomic mass is 16.2. The van der Waals surface area contributed by atoms with E-state index in [0.29, 0.717) is 0 Å². The molecule has 0 unspecified atom stereocenters. The smallest absolute Gasteiger partial charge is 0.230 e. The maximum atomic E-state index is 11.7. The van der Waals surface area contributed by atoms with Gasteiger partial charge in [0.25, 0.3) is 0 Å². The highest BCUT2D eigenvalue weighted by molar-refractivity contribution is 5.91. The van der Waals surface area contributed by atoms with E-state index in [0.717, 1.165) is 26.1 Å². The number of aliphatic imine (C=N–C) groups is 1. The number of nitrogens with one attached hydrogen (secondary N) is 1. The second-order valence-electron chi connectivity index (χ2n) is 4.97. The molecule has 2 aliphatic heterocycles. The van der Waals surface area contributed by atoms with Crippen LogP contribution in [-0.2, 0) is 11.3 Å². The van der Waals surface area contributed by atoms with Crippen molar-refractivity contribution in [3.8, 4) is 0 Å². The van der Waals surface area contributed by atoms with Gasteiger partial charge in [0.2, 0.25) is 5.91 Å². The van der Waals surface area contributed by atoms with Crippen LogP contribution in [0.4, 0.5) is 0 Å². The molecule has 1 N–H and O–H groups in total. The maximum Gasteiger partial charge on any atom is 0.230 e. The number of likely N-dealkylation sites (tertiary alicyclic amines) is 1. The van der Waals surface area contributed by atoms with Crippen molar-refractivity contribution in [3.63, 3.8) is 0 Å². The third kappa shape index (κ3) is 2.29. The van der Waals surface area contributed by atoms with Gasteiger partial charge < -0.3 is 5.32 Å². The van der Waals surface area contributed by atoms with Crippen LogP contribution in [0, 0.1) is 5.92 Å². The minimum absolute atomic E-state index is 0.0713. The van der Waals surface area contributed by atoms with Gasteiger partial charge in [0.15, 0.2) is 0 Å².